The number of halogens is 1. The van der Waals surface area contributed by atoms with Crippen molar-refractivity contribution in [1.82, 2.24) is 5.16 Å². The van der Waals surface area contributed by atoms with Crippen molar-refractivity contribution in [3.63, 3.8) is 0 Å². The van der Waals surface area contributed by atoms with Gasteiger partial charge < -0.3 is 18.7 Å². The molecule has 160 valence electrons. The number of aromatic nitrogens is 1. The maximum atomic E-state index is 13.2. The molecule has 0 aliphatic carbocycles. The second-order valence-electron chi connectivity index (χ2n) is 6.36. The molecule has 0 radical (unpaired) electrons. The number of nitrogens with zero attached hydrogens (tertiary/aromatic N) is 1. The summed E-state index contributed by atoms with van der Waals surface area (Å²) in [5, 5.41) is 4.16. The van der Waals surface area contributed by atoms with Crippen molar-refractivity contribution in [2.24, 2.45) is 0 Å². The summed E-state index contributed by atoms with van der Waals surface area (Å²) in [4.78, 5) is -0.0588. The van der Waals surface area contributed by atoms with E-state index in [1.54, 1.807) is 26.0 Å². The van der Waals surface area contributed by atoms with Crippen molar-refractivity contribution in [2.75, 3.05) is 26.1 Å². The minimum absolute atomic E-state index is 0.0588. The fraction of sp³-hybridized carbons (Fsp3) is 0.250. The topological polar surface area (TPSA) is 99.9 Å². The molecule has 8 nitrogen and oxygen atoms in total. The molecular weight excluding hydrogens is 432 g/mol. The van der Waals surface area contributed by atoms with Gasteiger partial charge in [0.25, 0.3) is 10.0 Å². The van der Waals surface area contributed by atoms with Crippen molar-refractivity contribution in [1.29, 1.82) is 0 Å². The zero-order valence-corrected chi connectivity index (χ0v) is 18.6. The zero-order valence-electron chi connectivity index (χ0n) is 17.1. The largest absolute Gasteiger partial charge is 0.495 e. The molecule has 0 bridgehead atoms. The molecule has 3 aromatic rings. The van der Waals surface area contributed by atoms with E-state index in [1.807, 2.05) is 0 Å². The molecule has 0 spiro atoms. The van der Waals surface area contributed by atoms with E-state index in [0.717, 1.165) is 5.56 Å². The van der Waals surface area contributed by atoms with Crippen molar-refractivity contribution in [3.05, 3.63) is 46.8 Å². The fourth-order valence-electron chi connectivity index (χ4n) is 3.08. The SMILES string of the molecule is COc1cc(OC)c(NS(=O)(=O)c2cc(-c3c(C)noc3C)ccc2OC)cc1Cl. The van der Waals surface area contributed by atoms with Crippen molar-refractivity contribution in [3.8, 4) is 28.4 Å². The predicted octanol–water partition coefficient (Wildman–Crippen LogP) is 4.44. The Hall–Kier alpha value is -2.91. The molecule has 0 saturated heterocycles. The summed E-state index contributed by atoms with van der Waals surface area (Å²) in [5.41, 5.74) is 2.16. The van der Waals surface area contributed by atoms with E-state index in [9.17, 15) is 8.42 Å². The minimum atomic E-state index is -4.07. The highest BCUT2D eigenvalue weighted by Crippen LogP contribution is 2.39. The van der Waals surface area contributed by atoms with Crippen LogP contribution in [0.15, 0.2) is 39.8 Å². The molecule has 0 aliphatic heterocycles. The monoisotopic (exact) mass is 452 g/mol. The lowest BCUT2D eigenvalue weighted by Crippen LogP contribution is -2.15. The van der Waals surface area contributed by atoms with Crippen LogP contribution in [0, 0.1) is 13.8 Å². The molecule has 10 heteroatoms. The molecule has 1 N–H and O–H groups in total. The van der Waals surface area contributed by atoms with Crippen LogP contribution in [0.25, 0.3) is 11.1 Å². The van der Waals surface area contributed by atoms with Crippen LogP contribution in [0.5, 0.6) is 17.2 Å². The smallest absolute Gasteiger partial charge is 0.265 e. The molecule has 3 rings (SSSR count). The van der Waals surface area contributed by atoms with Gasteiger partial charge in [0, 0.05) is 11.6 Å². The quantitative estimate of drug-likeness (QED) is 0.565. The van der Waals surface area contributed by atoms with E-state index >= 15 is 0 Å². The van der Waals surface area contributed by atoms with Crippen molar-refractivity contribution in [2.45, 2.75) is 18.7 Å². The Morgan fingerprint density at radius 3 is 2.20 bits per heavy atom. The molecule has 2 aromatic carbocycles. The highest BCUT2D eigenvalue weighted by molar-refractivity contribution is 7.92. The number of sulfonamides is 1. The molecule has 1 heterocycles. The summed E-state index contributed by atoms with van der Waals surface area (Å²) in [6, 6.07) is 7.74. The van der Waals surface area contributed by atoms with Crippen molar-refractivity contribution < 1.29 is 27.2 Å². The molecule has 30 heavy (non-hydrogen) atoms. The Bertz CT molecular complexity index is 1170. The molecule has 0 amide bonds. The van der Waals surface area contributed by atoms with E-state index in [-0.39, 0.29) is 27.1 Å². The molecule has 0 atom stereocenters. The number of rotatable bonds is 7. The van der Waals surface area contributed by atoms with Gasteiger partial charge in [0.15, 0.2) is 0 Å². The van der Waals surface area contributed by atoms with Crippen LogP contribution in [0.3, 0.4) is 0 Å². The van der Waals surface area contributed by atoms with Crippen LogP contribution in [0.2, 0.25) is 5.02 Å². The van der Waals surface area contributed by atoms with Crippen LogP contribution < -0.4 is 18.9 Å². The van der Waals surface area contributed by atoms with Gasteiger partial charge in [-0.15, -0.1) is 0 Å². The Labute approximate surface area is 179 Å². The average molecular weight is 453 g/mol. The van der Waals surface area contributed by atoms with Gasteiger partial charge in [0.05, 0.1) is 37.7 Å². The van der Waals surface area contributed by atoms with Crippen LogP contribution in [-0.4, -0.2) is 34.9 Å². The Morgan fingerprint density at radius 1 is 0.967 bits per heavy atom. The normalized spacial score (nSPS) is 11.3. The first kappa shape index (κ1) is 21.8. The zero-order chi connectivity index (χ0) is 22.1. The number of methoxy groups -OCH3 is 3. The highest BCUT2D eigenvalue weighted by atomic mass is 35.5. The number of aryl methyl sites for hydroxylation is 2. The third-order valence-electron chi connectivity index (χ3n) is 4.49. The first-order chi connectivity index (χ1) is 14.2. The van der Waals surface area contributed by atoms with Gasteiger partial charge in [-0.25, -0.2) is 8.42 Å². The molecule has 1 aromatic heterocycles. The summed E-state index contributed by atoms with van der Waals surface area (Å²) < 4.78 is 49.9. The Morgan fingerprint density at radius 2 is 1.63 bits per heavy atom. The third-order valence-corrected chi connectivity index (χ3v) is 6.18. The minimum Gasteiger partial charge on any atom is -0.495 e. The van der Waals surface area contributed by atoms with Crippen molar-refractivity contribution >= 4 is 27.3 Å². The first-order valence-electron chi connectivity index (χ1n) is 8.77. The number of nitrogens with one attached hydrogen (secondary N) is 1. The maximum absolute atomic E-state index is 13.2. The fourth-order valence-corrected chi connectivity index (χ4v) is 4.58. The number of hydrogen-bond acceptors (Lipinski definition) is 7. The first-order valence-corrected chi connectivity index (χ1v) is 10.6. The lowest BCUT2D eigenvalue weighted by atomic mass is 10.0. The van der Waals surface area contributed by atoms with Gasteiger partial charge in [-0.2, -0.15) is 0 Å². The van der Waals surface area contributed by atoms with Crippen LogP contribution in [-0.2, 0) is 10.0 Å². The lowest BCUT2D eigenvalue weighted by Gasteiger charge is -2.16. The predicted molar refractivity (Wildman–Crippen MR) is 113 cm³/mol. The number of benzene rings is 2. The van der Waals surface area contributed by atoms with Gasteiger partial charge in [0.2, 0.25) is 0 Å². The second kappa shape index (κ2) is 8.45. The third kappa shape index (κ3) is 4.03. The van der Waals surface area contributed by atoms with Gasteiger partial charge in [-0.1, -0.05) is 22.8 Å². The molecule has 0 unspecified atom stereocenters. The number of ether oxygens (including phenoxy) is 3. The number of hydrogen-bond donors (Lipinski definition) is 1. The van der Waals surface area contributed by atoms with Gasteiger partial charge >= 0.3 is 0 Å². The highest BCUT2D eigenvalue weighted by Gasteiger charge is 2.24. The standard InChI is InChI=1S/C20H21ClN2O6S/c1-11-20(12(2)29-22-11)13-6-7-16(26-3)19(8-13)30(24,25)23-15-9-14(21)17(27-4)10-18(15)28-5/h6-10,23H,1-5H3. The Balaban J connectivity index is 2.10. The summed E-state index contributed by atoms with van der Waals surface area (Å²) in [7, 11) is 0.198. The van der Waals surface area contributed by atoms with Crippen LogP contribution >= 0.6 is 11.6 Å². The van der Waals surface area contributed by atoms with Crippen LogP contribution in [0.4, 0.5) is 5.69 Å². The molecule has 0 saturated carbocycles. The van der Waals surface area contributed by atoms with E-state index in [1.165, 1.54) is 39.5 Å². The van der Waals surface area contributed by atoms with Gasteiger partial charge in [0.1, 0.15) is 27.9 Å². The maximum Gasteiger partial charge on any atom is 0.265 e. The number of anilines is 1. The summed E-state index contributed by atoms with van der Waals surface area (Å²) in [6.07, 6.45) is 0. The summed E-state index contributed by atoms with van der Waals surface area (Å²) >= 11 is 6.16. The van der Waals surface area contributed by atoms with Gasteiger partial charge in [-0.05, 0) is 37.6 Å². The molecule has 0 aliphatic rings. The van der Waals surface area contributed by atoms with Crippen LogP contribution in [0.1, 0.15) is 11.5 Å². The second-order valence-corrected chi connectivity index (χ2v) is 8.42. The van der Waals surface area contributed by atoms with E-state index < -0.39 is 10.0 Å². The Kier molecular flexibility index (Phi) is 6.14. The average Bonchev–Trinajstić information content (AvgIpc) is 3.05. The lowest BCUT2D eigenvalue weighted by molar-refractivity contribution is 0.393. The van der Waals surface area contributed by atoms with E-state index in [0.29, 0.717) is 22.8 Å². The summed E-state index contributed by atoms with van der Waals surface area (Å²) in [5.74, 6) is 1.37. The summed E-state index contributed by atoms with van der Waals surface area (Å²) in [6.45, 7) is 3.54. The molecular formula is C20H21ClN2O6S. The van der Waals surface area contributed by atoms with E-state index in [4.69, 9.17) is 30.3 Å². The van der Waals surface area contributed by atoms with Gasteiger partial charge in [-0.3, -0.25) is 4.72 Å². The van der Waals surface area contributed by atoms with E-state index in [2.05, 4.69) is 9.88 Å². The molecule has 0 fully saturated rings.